The molecule has 0 radical (unpaired) electrons. The van der Waals surface area contributed by atoms with Crippen LogP contribution in [0.4, 0.5) is 0 Å². The number of carbonyl (C=O) groups is 11. The summed E-state index contributed by atoms with van der Waals surface area (Å²) in [6.07, 6.45) is 3.02. The highest BCUT2D eigenvalue weighted by atomic mass is 16.3. The fourth-order valence-corrected chi connectivity index (χ4v) is 11.3. The van der Waals surface area contributed by atoms with Crippen LogP contribution in [-0.4, -0.2) is 227 Å². The minimum absolute atomic E-state index is 0.0210. The van der Waals surface area contributed by atoms with E-state index >= 15 is 14.4 Å². The average Bonchev–Trinajstić information content (AvgIpc) is 1.59. The second-order valence-electron chi connectivity index (χ2n) is 27.1. The molecule has 1 rings (SSSR count). The van der Waals surface area contributed by atoms with Crippen molar-refractivity contribution in [2.24, 2.45) is 47.3 Å². The van der Waals surface area contributed by atoms with Crippen LogP contribution in [0.1, 0.15) is 163 Å². The summed E-state index contributed by atoms with van der Waals surface area (Å²) in [5.41, 5.74) is 0. The van der Waals surface area contributed by atoms with Crippen LogP contribution in [0, 0.1) is 47.3 Å². The van der Waals surface area contributed by atoms with Crippen LogP contribution >= 0.6 is 0 Å². The molecule has 23 nitrogen and oxygen atoms in total. The minimum Gasteiger partial charge on any atom is -0.390 e. The van der Waals surface area contributed by atoms with E-state index in [1.165, 1.54) is 80.8 Å². The maximum absolute atomic E-state index is 15.2. The number of nitrogens with zero attached hydrogens (tertiary/aromatic N) is 7. The maximum Gasteiger partial charge on any atom is 0.246 e. The fraction of sp³-hybridized carbons (Fsp3) is 0.797. The van der Waals surface area contributed by atoms with Gasteiger partial charge in [0.2, 0.25) is 65.0 Å². The van der Waals surface area contributed by atoms with Gasteiger partial charge >= 0.3 is 0 Å². The van der Waals surface area contributed by atoms with Crippen LogP contribution in [0.5, 0.6) is 0 Å². The maximum atomic E-state index is 15.2. The Kier molecular flexibility index (Phi) is 32.4. The Morgan fingerprint density at radius 3 is 1.32 bits per heavy atom. The molecule has 87 heavy (non-hydrogen) atoms. The van der Waals surface area contributed by atoms with Crippen molar-refractivity contribution in [3.05, 3.63) is 12.2 Å². The summed E-state index contributed by atoms with van der Waals surface area (Å²) in [4.78, 5) is 170. The second kappa shape index (κ2) is 35.8. The lowest BCUT2D eigenvalue weighted by Gasteiger charge is -2.41. The number of hydrogen-bond donors (Lipinski definition) is 5. The SMILES string of the molecule is C/C=C/C[C@@H](C)[C@@H](O)[C@H]1C(=O)N[C@@H](CC)C(=O)N(C)CC(=O)N(C)[C@@H](C(C)C)C(=O)N[C@@H](C(C)C)C(=O)N(C)[C@@H](CC(C)C)C(=O)N[C@@H](CC(C)C)C(=O)N[C@H](C)C(=O)N(C)[C@@H](CC(C)C)C(=O)N(C)[C@@H](CC(C)C)C(=O)N(C)[C@@H](C(C)C)C(=O)N1C. The molecule has 0 aromatic rings. The summed E-state index contributed by atoms with van der Waals surface area (Å²) >= 11 is 0. The highest BCUT2D eigenvalue weighted by Crippen LogP contribution is 2.26. The number of hydrogen-bond acceptors (Lipinski definition) is 12. The highest BCUT2D eigenvalue weighted by molar-refractivity contribution is 5.99. The molecule has 498 valence electrons. The van der Waals surface area contributed by atoms with Gasteiger partial charge in [-0.05, 0) is 99.7 Å². The molecule has 5 N–H and O–H groups in total. The van der Waals surface area contributed by atoms with E-state index in [-0.39, 0.29) is 55.8 Å². The van der Waals surface area contributed by atoms with Crippen molar-refractivity contribution in [1.29, 1.82) is 0 Å². The van der Waals surface area contributed by atoms with Crippen LogP contribution in [-0.2, 0) is 52.7 Å². The lowest BCUT2D eigenvalue weighted by atomic mass is 9.91. The van der Waals surface area contributed by atoms with Gasteiger partial charge in [0, 0.05) is 49.3 Å². The van der Waals surface area contributed by atoms with E-state index in [0.717, 1.165) is 9.80 Å². The zero-order chi connectivity index (χ0) is 67.6. The molecule has 12 atom stereocenters. The number of carbonyl (C=O) groups excluding carboxylic acids is 11. The van der Waals surface area contributed by atoms with Crippen molar-refractivity contribution in [1.82, 2.24) is 55.6 Å². The number of nitrogens with one attached hydrogen (secondary N) is 4. The van der Waals surface area contributed by atoms with Gasteiger partial charge in [0.25, 0.3) is 0 Å². The molecule has 11 amide bonds. The number of aliphatic hydroxyl groups excluding tert-OH is 1. The van der Waals surface area contributed by atoms with Gasteiger partial charge in [0.05, 0.1) is 12.6 Å². The first kappa shape index (κ1) is 78.9. The van der Waals surface area contributed by atoms with Gasteiger partial charge in [-0.25, -0.2) is 0 Å². The van der Waals surface area contributed by atoms with Gasteiger partial charge in [-0.1, -0.05) is 123 Å². The second-order valence-corrected chi connectivity index (χ2v) is 27.1. The lowest BCUT2D eigenvalue weighted by molar-refractivity contribution is -0.157. The third-order valence-electron chi connectivity index (χ3n) is 16.5. The molecule has 0 aliphatic carbocycles. The van der Waals surface area contributed by atoms with Crippen LogP contribution in [0.2, 0.25) is 0 Å². The zero-order valence-electron chi connectivity index (χ0n) is 57.6. The average molecular weight is 1230 g/mol. The largest absolute Gasteiger partial charge is 0.390 e. The van der Waals surface area contributed by atoms with Gasteiger partial charge in [-0.2, -0.15) is 0 Å². The number of allylic oxidation sites excluding steroid dienone is 2. The Hall–Kier alpha value is -6.13. The van der Waals surface area contributed by atoms with Crippen molar-refractivity contribution in [3.8, 4) is 0 Å². The Morgan fingerprint density at radius 1 is 0.448 bits per heavy atom. The first-order valence-electron chi connectivity index (χ1n) is 31.5. The minimum atomic E-state index is -1.61. The first-order valence-corrected chi connectivity index (χ1v) is 31.5. The molecule has 0 unspecified atom stereocenters. The molecule has 0 spiro atoms. The molecular weight excluding hydrogens is 1110 g/mol. The van der Waals surface area contributed by atoms with Crippen molar-refractivity contribution in [2.45, 2.75) is 230 Å². The molecular formula is C64H115N11O12. The standard InChI is InChI=1S/C64H115N11O12/c1-26-28-29-42(17)54(77)53-58(81)66-44(27-2)60(83)69(19)34-49(76)73(23)51(40(13)14)57(80)68-50(39(11)12)63(86)70(20)46(31-36(5)6)56(79)67-45(30-35(3)4)55(78)65-43(18)59(82)71(21)47(32-37(7)8)61(84)72(22)48(33-38(9)10)62(85)74(24)52(41(15)16)64(87)75(53)25/h26,28,35-48,50-54,77H,27,29-34H2,1-25H3,(H,65,78)(H,66,81)(H,67,79)(H,68,80)/b28-26+/t42-,43-,44+,45+,46+,47+,48+,50+,51+,52+,53+,54-/m1/s1. The molecule has 1 saturated heterocycles. The summed E-state index contributed by atoms with van der Waals surface area (Å²) in [5.74, 6) is -10.2. The molecule has 1 aliphatic heterocycles. The topological polar surface area (TPSA) is 279 Å². The normalized spacial score (nSPS) is 26.6. The Balaban J connectivity index is 4.39. The molecule has 0 aromatic heterocycles. The summed E-state index contributed by atoms with van der Waals surface area (Å²) in [6, 6.07) is -12.4. The van der Waals surface area contributed by atoms with Crippen molar-refractivity contribution in [3.63, 3.8) is 0 Å². The Morgan fingerprint density at radius 2 is 0.874 bits per heavy atom. The van der Waals surface area contributed by atoms with Crippen molar-refractivity contribution in [2.75, 3.05) is 55.9 Å². The van der Waals surface area contributed by atoms with Crippen LogP contribution in [0.15, 0.2) is 12.2 Å². The van der Waals surface area contributed by atoms with Crippen molar-refractivity contribution >= 4 is 65.0 Å². The van der Waals surface area contributed by atoms with Crippen LogP contribution in [0.25, 0.3) is 0 Å². The van der Waals surface area contributed by atoms with Crippen LogP contribution in [0.3, 0.4) is 0 Å². The lowest BCUT2D eigenvalue weighted by Crippen LogP contribution is -2.63. The Bertz CT molecular complexity index is 2380. The van der Waals surface area contributed by atoms with E-state index < -0.39 is 162 Å². The Labute approximate surface area is 521 Å². The molecule has 23 heteroatoms. The number of amides is 11. The molecule has 1 aliphatic rings. The zero-order valence-corrected chi connectivity index (χ0v) is 57.6. The molecule has 0 saturated carbocycles. The van der Waals surface area contributed by atoms with Gasteiger partial charge in [0.15, 0.2) is 0 Å². The summed E-state index contributed by atoms with van der Waals surface area (Å²) < 4.78 is 0. The van der Waals surface area contributed by atoms with Crippen LogP contribution < -0.4 is 21.3 Å². The van der Waals surface area contributed by atoms with Gasteiger partial charge in [-0.15, -0.1) is 0 Å². The van der Waals surface area contributed by atoms with E-state index in [1.807, 2.05) is 61.5 Å². The fourth-order valence-electron chi connectivity index (χ4n) is 11.3. The first-order chi connectivity index (χ1) is 40.1. The van der Waals surface area contributed by atoms with E-state index in [2.05, 4.69) is 21.3 Å². The molecule has 0 bridgehead atoms. The summed E-state index contributed by atoms with van der Waals surface area (Å²) in [7, 11) is 9.95. The third-order valence-corrected chi connectivity index (χ3v) is 16.5. The quantitative estimate of drug-likeness (QED) is 0.138. The van der Waals surface area contributed by atoms with E-state index in [1.54, 1.807) is 68.4 Å². The van der Waals surface area contributed by atoms with Crippen molar-refractivity contribution < 1.29 is 57.8 Å². The number of aliphatic hydroxyl groups is 1. The molecule has 1 heterocycles. The van der Waals surface area contributed by atoms with Gasteiger partial charge in [0.1, 0.15) is 60.4 Å². The predicted octanol–water partition coefficient (Wildman–Crippen LogP) is 3.91. The smallest absolute Gasteiger partial charge is 0.246 e. The highest BCUT2D eigenvalue weighted by Gasteiger charge is 2.46. The monoisotopic (exact) mass is 1230 g/mol. The van der Waals surface area contributed by atoms with Gasteiger partial charge in [-0.3, -0.25) is 52.7 Å². The van der Waals surface area contributed by atoms with Gasteiger partial charge < -0.3 is 60.7 Å². The third kappa shape index (κ3) is 22.1. The van der Waals surface area contributed by atoms with E-state index in [4.69, 9.17) is 0 Å². The molecule has 0 aromatic carbocycles. The molecule has 1 fully saturated rings. The number of rotatable bonds is 16. The number of likely N-dealkylation sites (N-methyl/N-ethyl adjacent to an activating group) is 7. The summed E-state index contributed by atoms with van der Waals surface area (Å²) in [5, 5.41) is 23.3. The summed E-state index contributed by atoms with van der Waals surface area (Å²) in [6.45, 7) is 31.4. The predicted molar refractivity (Wildman–Crippen MR) is 338 cm³/mol. The van der Waals surface area contributed by atoms with E-state index in [0.29, 0.717) is 6.42 Å². The van der Waals surface area contributed by atoms with E-state index in [9.17, 15) is 43.5 Å².